The van der Waals surface area contributed by atoms with Crippen LogP contribution in [0.15, 0.2) is 18.2 Å². The molecule has 2 heterocycles. The van der Waals surface area contributed by atoms with E-state index in [1.165, 1.54) is 6.07 Å². The first kappa shape index (κ1) is 26.1. The smallest absolute Gasteiger partial charge is 0.416 e. The maximum Gasteiger partial charge on any atom is 0.416 e. The van der Waals surface area contributed by atoms with Crippen LogP contribution < -0.4 is 16.0 Å². The first-order chi connectivity index (χ1) is 16.9. The summed E-state index contributed by atoms with van der Waals surface area (Å²) in [5, 5.41) is 15.7. The number of carbonyl (C=O) groups excluding carboxylic acids is 2. The Balaban J connectivity index is 1.16. The molecule has 1 saturated heterocycles. The third-order valence-corrected chi connectivity index (χ3v) is 6.52. The summed E-state index contributed by atoms with van der Waals surface area (Å²) >= 11 is 0. The number of alkyl halides is 3. The normalized spacial score (nSPS) is 21.6. The maximum atomic E-state index is 13.0. The van der Waals surface area contributed by atoms with Gasteiger partial charge in [0.15, 0.2) is 5.82 Å². The fourth-order valence-electron chi connectivity index (χ4n) is 4.73. The highest BCUT2D eigenvalue weighted by Crippen LogP contribution is 2.33. The quantitative estimate of drug-likeness (QED) is 0.472. The number of nitrogens with one attached hydrogen (secondary N) is 4. The zero-order chi connectivity index (χ0) is 26.1. The van der Waals surface area contributed by atoms with E-state index < -0.39 is 17.3 Å². The number of nitrogens with zero attached hydrogens (tertiary/aromatic N) is 2. The van der Waals surface area contributed by atoms with Gasteiger partial charge in [-0.1, -0.05) is 0 Å². The van der Waals surface area contributed by atoms with Gasteiger partial charge in [0, 0.05) is 30.6 Å². The summed E-state index contributed by atoms with van der Waals surface area (Å²) in [7, 11) is 0. The molecule has 0 bridgehead atoms. The van der Waals surface area contributed by atoms with Crippen LogP contribution in [0.1, 0.15) is 52.0 Å². The molecule has 1 saturated carbocycles. The van der Waals surface area contributed by atoms with Crippen LogP contribution in [-0.4, -0.2) is 70.5 Å². The molecule has 0 radical (unpaired) electrons. The molecule has 4 N–H and O–H groups in total. The molecule has 0 spiro atoms. The molecular weight excluding hydrogens is 477 g/mol. The Morgan fingerprint density at radius 2 is 1.78 bits per heavy atom. The number of H-pyrrole nitrogens is 1. The van der Waals surface area contributed by atoms with Crippen molar-refractivity contribution < 1.29 is 27.5 Å². The number of anilines is 1. The largest absolute Gasteiger partial charge is 0.444 e. The lowest BCUT2D eigenvalue weighted by Gasteiger charge is -2.46. The molecule has 12 heteroatoms. The summed E-state index contributed by atoms with van der Waals surface area (Å²) in [5.74, 6) is -0.0359. The van der Waals surface area contributed by atoms with Gasteiger partial charge in [0.05, 0.1) is 23.7 Å². The number of fused-ring (bicyclic) bond motifs is 1. The molecule has 0 unspecified atom stereocenters. The van der Waals surface area contributed by atoms with Crippen LogP contribution in [-0.2, 0) is 15.7 Å². The van der Waals surface area contributed by atoms with E-state index in [1.54, 1.807) is 0 Å². The first-order valence-corrected chi connectivity index (χ1v) is 12.2. The summed E-state index contributed by atoms with van der Waals surface area (Å²) < 4.78 is 44.3. The van der Waals surface area contributed by atoms with Crippen LogP contribution >= 0.6 is 0 Å². The lowest BCUT2D eigenvalue weighted by Crippen LogP contribution is -2.63. The maximum absolute atomic E-state index is 13.0. The molecule has 2 aliphatic rings. The van der Waals surface area contributed by atoms with Gasteiger partial charge >= 0.3 is 12.3 Å². The zero-order valence-corrected chi connectivity index (χ0v) is 20.7. The highest BCUT2D eigenvalue weighted by atomic mass is 19.4. The van der Waals surface area contributed by atoms with Gasteiger partial charge in [-0.3, -0.25) is 14.8 Å². The monoisotopic (exact) mass is 510 g/mol. The minimum Gasteiger partial charge on any atom is -0.444 e. The summed E-state index contributed by atoms with van der Waals surface area (Å²) in [6.07, 6.45) is -1.13. The van der Waals surface area contributed by atoms with E-state index in [-0.39, 0.29) is 41.8 Å². The molecule has 36 heavy (non-hydrogen) atoms. The summed E-state index contributed by atoms with van der Waals surface area (Å²) in [4.78, 5) is 26.7. The number of aromatic amines is 1. The predicted octanol–water partition coefficient (Wildman–Crippen LogP) is 3.63. The lowest BCUT2D eigenvalue weighted by molar-refractivity contribution is -0.137. The summed E-state index contributed by atoms with van der Waals surface area (Å²) in [6.45, 7) is 6.93. The molecule has 1 aromatic heterocycles. The first-order valence-electron chi connectivity index (χ1n) is 12.2. The van der Waals surface area contributed by atoms with Crippen LogP contribution in [0.25, 0.3) is 10.9 Å². The SMILES string of the molecule is CC(C)(C)OC(=O)N[C@H]1CC[C@@H](N2CC(NC(=O)CNc3n[nH]c4ccc(C(F)(F)F)cc34)C2)CC1. The fourth-order valence-corrected chi connectivity index (χ4v) is 4.73. The van der Waals surface area contributed by atoms with Crippen LogP contribution in [0.3, 0.4) is 0 Å². The Morgan fingerprint density at radius 1 is 1.08 bits per heavy atom. The second kappa shape index (κ2) is 10.2. The number of amides is 2. The molecule has 4 rings (SSSR count). The molecule has 9 nitrogen and oxygen atoms in total. The molecule has 2 amide bonds. The van der Waals surface area contributed by atoms with E-state index in [2.05, 4.69) is 31.0 Å². The average molecular weight is 511 g/mol. The van der Waals surface area contributed by atoms with Gasteiger partial charge in [0.25, 0.3) is 0 Å². The van der Waals surface area contributed by atoms with Gasteiger partial charge in [-0.2, -0.15) is 18.3 Å². The van der Waals surface area contributed by atoms with E-state index >= 15 is 0 Å². The number of rotatable bonds is 6. The Kier molecular flexibility index (Phi) is 7.35. The van der Waals surface area contributed by atoms with Crippen molar-refractivity contribution in [3.8, 4) is 0 Å². The Bertz CT molecular complexity index is 1080. The van der Waals surface area contributed by atoms with Crippen LogP contribution in [0, 0.1) is 0 Å². The molecule has 1 aromatic carbocycles. The standard InChI is InChI=1S/C24H33F3N6O3/c1-23(2,3)36-22(35)30-15-5-7-17(8-6-15)33-12-16(13-33)29-20(34)11-28-21-18-10-14(24(25,26)27)4-9-19(18)31-32-21/h4,9-10,15-17H,5-8,11-13H2,1-3H3,(H,29,34)(H,30,35)(H2,28,31,32)/t15-,17+. The van der Waals surface area contributed by atoms with Crippen molar-refractivity contribution in [2.45, 2.75) is 76.4 Å². The van der Waals surface area contributed by atoms with E-state index in [0.717, 1.165) is 50.9 Å². The number of alkyl carbamates (subject to hydrolysis) is 1. The third kappa shape index (κ3) is 6.59. The van der Waals surface area contributed by atoms with Crippen LogP contribution in [0.2, 0.25) is 0 Å². The summed E-state index contributed by atoms with van der Waals surface area (Å²) in [6, 6.07) is 3.89. The molecular formula is C24H33F3N6O3. The van der Waals surface area contributed by atoms with Crippen molar-refractivity contribution in [1.29, 1.82) is 0 Å². The second-order valence-corrected chi connectivity index (χ2v) is 10.6. The second-order valence-electron chi connectivity index (χ2n) is 10.6. The number of hydrogen-bond acceptors (Lipinski definition) is 6. The lowest BCUT2D eigenvalue weighted by atomic mass is 9.88. The van der Waals surface area contributed by atoms with Gasteiger partial charge in [-0.25, -0.2) is 4.79 Å². The highest BCUT2D eigenvalue weighted by molar-refractivity contribution is 5.92. The van der Waals surface area contributed by atoms with Crippen molar-refractivity contribution in [3.05, 3.63) is 23.8 Å². The Morgan fingerprint density at radius 3 is 2.42 bits per heavy atom. The number of aromatic nitrogens is 2. The average Bonchev–Trinajstić information content (AvgIpc) is 3.15. The number of ether oxygens (including phenoxy) is 1. The minimum absolute atomic E-state index is 0.0321. The van der Waals surface area contributed by atoms with Gasteiger partial charge in [-0.15, -0.1) is 0 Å². The molecule has 2 fully saturated rings. The topological polar surface area (TPSA) is 111 Å². The fraction of sp³-hybridized carbons (Fsp3) is 0.625. The van der Waals surface area contributed by atoms with Crippen molar-refractivity contribution in [1.82, 2.24) is 25.7 Å². The number of halogens is 3. The molecule has 198 valence electrons. The van der Waals surface area contributed by atoms with E-state index in [9.17, 15) is 22.8 Å². The van der Waals surface area contributed by atoms with E-state index in [0.29, 0.717) is 11.6 Å². The number of benzene rings is 1. The molecule has 2 aromatic rings. The Hall–Kier alpha value is -3.02. The van der Waals surface area contributed by atoms with Crippen molar-refractivity contribution in [2.75, 3.05) is 25.0 Å². The van der Waals surface area contributed by atoms with Gasteiger partial charge in [0.2, 0.25) is 5.91 Å². The Labute approximate surface area is 207 Å². The number of hydrogen-bond donors (Lipinski definition) is 4. The van der Waals surface area contributed by atoms with E-state index in [1.807, 2.05) is 20.8 Å². The molecule has 0 atom stereocenters. The van der Waals surface area contributed by atoms with Crippen molar-refractivity contribution >= 4 is 28.7 Å². The van der Waals surface area contributed by atoms with Crippen molar-refractivity contribution in [2.24, 2.45) is 0 Å². The molecule has 1 aliphatic heterocycles. The van der Waals surface area contributed by atoms with E-state index in [4.69, 9.17) is 4.74 Å². The van der Waals surface area contributed by atoms with Crippen molar-refractivity contribution in [3.63, 3.8) is 0 Å². The minimum atomic E-state index is -4.45. The molecule has 1 aliphatic carbocycles. The number of likely N-dealkylation sites (tertiary alicyclic amines) is 1. The van der Waals surface area contributed by atoms with Crippen LogP contribution in [0.5, 0.6) is 0 Å². The summed E-state index contributed by atoms with van der Waals surface area (Å²) in [5.41, 5.74) is -0.833. The van der Waals surface area contributed by atoms with Gasteiger partial charge in [0.1, 0.15) is 5.60 Å². The highest BCUT2D eigenvalue weighted by Gasteiger charge is 2.36. The van der Waals surface area contributed by atoms with Gasteiger partial charge in [-0.05, 0) is 64.7 Å². The zero-order valence-electron chi connectivity index (χ0n) is 20.7. The predicted molar refractivity (Wildman–Crippen MR) is 129 cm³/mol. The van der Waals surface area contributed by atoms with Crippen LogP contribution in [0.4, 0.5) is 23.8 Å². The van der Waals surface area contributed by atoms with Gasteiger partial charge < -0.3 is 20.7 Å². The third-order valence-electron chi connectivity index (χ3n) is 6.52. The number of carbonyl (C=O) groups is 2.